The summed E-state index contributed by atoms with van der Waals surface area (Å²) >= 11 is 0. The van der Waals surface area contributed by atoms with Crippen LogP contribution < -0.4 is 4.74 Å². The molecule has 1 aromatic carbocycles. The molecule has 27 heavy (non-hydrogen) atoms. The Hall–Kier alpha value is -1.49. The van der Waals surface area contributed by atoms with Gasteiger partial charge in [-0.25, -0.2) is 0 Å². The molecule has 1 heterocycles. The van der Waals surface area contributed by atoms with Crippen molar-refractivity contribution in [1.29, 1.82) is 0 Å². The monoisotopic (exact) mass is 380 g/mol. The first-order valence-electron chi connectivity index (χ1n) is 9.79. The van der Waals surface area contributed by atoms with Gasteiger partial charge in [0.25, 0.3) is 0 Å². The predicted octanol–water partition coefficient (Wildman–Crippen LogP) is 5.65. The third-order valence-corrected chi connectivity index (χ3v) is 7.31. The SMILES string of the molecule is C=C[C@@H]1CC[C@H]2[C@@H]3CCc4cc(OC)ccc4[C@]3(C(C)C)O[C@@]12C(F)(F)F. The Labute approximate surface area is 158 Å². The maximum atomic E-state index is 14.5. The van der Waals surface area contributed by atoms with Gasteiger partial charge in [-0.1, -0.05) is 26.0 Å². The molecule has 5 heteroatoms. The molecule has 0 unspecified atom stereocenters. The molecule has 2 fully saturated rings. The lowest BCUT2D eigenvalue weighted by molar-refractivity contribution is -0.308. The van der Waals surface area contributed by atoms with E-state index in [0.717, 1.165) is 23.3 Å². The molecule has 0 radical (unpaired) electrons. The fraction of sp³-hybridized carbons (Fsp3) is 0.636. The zero-order chi connectivity index (χ0) is 19.6. The second-order valence-corrected chi connectivity index (χ2v) is 8.54. The largest absolute Gasteiger partial charge is 0.497 e. The molecule has 1 aliphatic heterocycles. The highest BCUT2D eigenvalue weighted by molar-refractivity contribution is 5.44. The van der Waals surface area contributed by atoms with Gasteiger partial charge in [-0.15, -0.1) is 6.58 Å². The average molecular weight is 380 g/mol. The number of rotatable bonds is 3. The van der Waals surface area contributed by atoms with E-state index in [1.54, 1.807) is 7.11 Å². The number of benzene rings is 1. The van der Waals surface area contributed by atoms with Gasteiger partial charge in [-0.3, -0.25) is 0 Å². The number of fused-ring (bicyclic) bond motifs is 5. The summed E-state index contributed by atoms with van der Waals surface area (Å²) in [5, 5.41) is 0. The van der Waals surface area contributed by atoms with Crippen LogP contribution in [0.2, 0.25) is 0 Å². The van der Waals surface area contributed by atoms with Crippen LogP contribution in [0.5, 0.6) is 5.75 Å². The highest BCUT2D eigenvalue weighted by Gasteiger charge is 2.77. The Balaban J connectivity index is 1.93. The molecule has 0 aromatic heterocycles. The average Bonchev–Trinajstić information content (AvgIpc) is 3.14. The summed E-state index contributed by atoms with van der Waals surface area (Å²) in [6, 6.07) is 5.72. The highest BCUT2D eigenvalue weighted by atomic mass is 19.4. The zero-order valence-corrected chi connectivity index (χ0v) is 16.1. The third kappa shape index (κ3) is 2.24. The Morgan fingerprint density at radius 1 is 1.22 bits per heavy atom. The lowest BCUT2D eigenvalue weighted by Gasteiger charge is -2.45. The van der Waals surface area contributed by atoms with E-state index in [2.05, 4.69) is 6.58 Å². The van der Waals surface area contributed by atoms with Crippen molar-refractivity contribution in [2.24, 2.45) is 23.7 Å². The number of halogens is 3. The molecular formula is C22H27F3O2. The molecule has 1 saturated heterocycles. The lowest BCUT2D eigenvalue weighted by atomic mass is 9.62. The summed E-state index contributed by atoms with van der Waals surface area (Å²) in [6.45, 7) is 7.69. The minimum absolute atomic E-state index is 0.0646. The molecular weight excluding hydrogens is 353 g/mol. The summed E-state index contributed by atoms with van der Waals surface area (Å²) < 4.78 is 55.2. The summed E-state index contributed by atoms with van der Waals surface area (Å²) in [6.07, 6.45) is -0.440. The standard InChI is InChI=1S/C22H27F3O2/c1-5-15-7-10-19-18-9-6-14-12-16(26-4)8-11-17(14)20(18,13(2)3)27-21(15,19)22(23,24)25/h5,8,11-13,15,18-19H,1,6-7,9-10H2,2-4H3/t15-,18+,19+,20+,21+/m1/s1. The molecule has 1 aromatic rings. The number of hydrogen-bond donors (Lipinski definition) is 0. The zero-order valence-electron chi connectivity index (χ0n) is 16.1. The van der Waals surface area contributed by atoms with Crippen molar-refractivity contribution in [1.82, 2.24) is 0 Å². The van der Waals surface area contributed by atoms with Crippen LogP contribution in [0.15, 0.2) is 30.9 Å². The number of ether oxygens (including phenoxy) is 2. The minimum Gasteiger partial charge on any atom is -0.497 e. The van der Waals surface area contributed by atoms with E-state index < -0.39 is 29.2 Å². The van der Waals surface area contributed by atoms with E-state index in [-0.39, 0.29) is 11.8 Å². The van der Waals surface area contributed by atoms with E-state index in [0.29, 0.717) is 19.3 Å². The van der Waals surface area contributed by atoms with Crippen molar-refractivity contribution in [3.8, 4) is 5.75 Å². The molecule has 2 nitrogen and oxygen atoms in total. The fourth-order valence-electron chi connectivity index (χ4n) is 6.26. The van der Waals surface area contributed by atoms with Gasteiger partial charge in [0.1, 0.15) is 11.4 Å². The molecule has 2 aliphatic carbocycles. The van der Waals surface area contributed by atoms with Gasteiger partial charge in [0, 0.05) is 11.8 Å². The van der Waals surface area contributed by atoms with Crippen LogP contribution >= 0.6 is 0 Å². The van der Waals surface area contributed by atoms with Gasteiger partial charge >= 0.3 is 6.18 Å². The topological polar surface area (TPSA) is 18.5 Å². The Morgan fingerprint density at radius 3 is 2.56 bits per heavy atom. The number of alkyl halides is 3. The van der Waals surface area contributed by atoms with Crippen LogP contribution in [0.3, 0.4) is 0 Å². The summed E-state index contributed by atoms with van der Waals surface area (Å²) in [5.74, 6) is -0.669. The van der Waals surface area contributed by atoms with E-state index in [9.17, 15) is 13.2 Å². The van der Waals surface area contributed by atoms with Gasteiger partial charge < -0.3 is 9.47 Å². The van der Waals surface area contributed by atoms with Crippen LogP contribution in [0.4, 0.5) is 13.2 Å². The van der Waals surface area contributed by atoms with Crippen molar-refractivity contribution in [2.45, 2.75) is 56.9 Å². The van der Waals surface area contributed by atoms with Crippen LogP contribution in [-0.4, -0.2) is 18.9 Å². The first-order chi connectivity index (χ1) is 12.7. The molecule has 148 valence electrons. The number of aryl methyl sites for hydroxylation is 1. The van der Waals surface area contributed by atoms with Crippen molar-refractivity contribution in [3.63, 3.8) is 0 Å². The highest BCUT2D eigenvalue weighted by Crippen LogP contribution is 2.69. The van der Waals surface area contributed by atoms with Crippen molar-refractivity contribution in [3.05, 3.63) is 42.0 Å². The maximum Gasteiger partial charge on any atom is 0.418 e. The summed E-state index contributed by atoms with van der Waals surface area (Å²) in [5.41, 5.74) is -1.07. The molecule has 3 aliphatic rings. The van der Waals surface area contributed by atoms with Gasteiger partial charge in [-0.2, -0.15) is 13.2 Å². The van der Waals surface area contributed by atoms with Gasteiger partial charge in [0.2, 0.25) is 0 Å². The summed E-state index contributed by atoms with van der Waals surface area (Å²) in [4.78, 5) is 0. The van der Waals surface area contributed by atoms with Crippen molar-refractivity contribution in [2.75, 3.05) is 7.11 Å². The normalized spacial score (nSPS) is 37.7. The van der Waals surface area contributed by atoms with Crippen molar-refractivity contribution >= 4 is 0 Å². The number of methoxy groups -OCH3 is 1. The van der Waals surface area contributed by atoms with Crippen LogP contribution in [0.25, 0.3) is 0 Å². The van der Waals surface area contributed by atoms with Gasteiger partial charge in [-0.05, 0) is 60.8 Å². The first-order valence-corrected chi connectivity index (χ1v) is 9.79. The molecule has 0 bridgehead atoms. The quantitative estimate of drug-likeness (QED) is 0.631. The lowest BCUT2D eigenvalue weighted by Crippen LogP contribution is -2.53. The third-order valence-electron chi connectivity index (χ3n) is 7.31. The van der Waals surface area contributed by atoms with Crippen LogP contribution in [0.1, 0.15) is 44.2 Å². The van der Waals surface area contributed by atoms with Gasteiger partial charge in [0.05, 0.1) is 7.11 Å². The van der Waals surface area contributed by atoms with E-state index in [1.165, 1.54) is 6.08 Å². The molecule has 4 rings (SSSR count). The van der Waals surface area contributed by atoms with E-state index >= 15 is 0 Å². The molecule has 1 saturated carbocycles. The predicted molar refractivity (Wildman–Crippen MR) is 97.6 cm³/mol. The second-order valence-electron chi connectivity index (χ2n) is 8.54. The minimum atomic E-state index is -4.42. The summed E-state index contributed by atoms with van der Waals surface area (Å²) in [7, 11) is 1.61. The fourth-order valence-corrected chi connectivity index (χ4v) is 6.26. The van der Waals surface area contributed by atoms with Crippen LogP contribution in [-0.2, 0) is 16.8 Å². The Bertz CT molecular complexity index is 756. The van der Waals surface area contributed by atoms with Gasteiger partial charge in [0.15, 0.2) is 5.60 Å². The molecule has 0 spiro atoms. The van der Waals surface area contributed by atoms with E-state index in [4.69, 9.17) is 9.47 Å². The van der Waals surface area contributed by atoms with E-state index in [1.807, 2.05) is 32.0 Å². The molecule has 5 atom stereocenters. The second kappa shape index (κ2) is 6.00. The molecule has 0 N–H and O–H groups in total. The maximum absolute atomic E-state index is 14.5. The smallest absolute Gasteiger partial charge is 0.418 e. The first kappa shape index (κ1) is 18.9. The Morgan fingerprint density at radius 2 is 1.96 bits per heavy atom. The van der Waals surface area contributed by atoms with Crippen LogP contribution in [0, 0.1) is 23.7 Å². The Kier molecular flexibility index (Phi) is 4.19. The molecule has 0 amide bonds. The number of hydrogen-bond acceptors (Lipinski definition) is 2. The van der Waals surface area contributed by atoms with Crippen molar-refractivity contribution < 1.29 is 22.6 Å².